The molecule has 0 N–H and O–H groups in total. The SMILES string of the molecule is CN(CCc1cccc(OCCN2CC3(CCCOC3)C2)c1)C(=O)OC(C)(C)C. The number of hydrogen-bond acceptors (Lipinski definition) is 5. The lowest BCUT2D eigenvalue weighted by Gasteiger charge is -2.52. The number of likely N-dealkylation sites (N-methyl/N-ethyl adjacent to an activating group) is 1. The van der Waals surface area contributed by atoms with Gasteiger partial charge >= 0.3 is 6.09 Å². The van der Waals surface area contributed by atoms with Crippen molar-refractivity contribution >= 4 is 6.09 Å². The van der Waals surface area contributed by atoms with Gasteiger partial charge in [-0.25, -0.2) is 4.79 Å². The first kappa shape index (κ1) is 21.9. The number of rotatable bonds is 7. The quantitative estimate of drug-likeness (QED) is 0.695. The first-order valence-electron chi connectivity index (χ1n) is 10.7. The maximum absolute atomic E-state index is 12.1. The van der Waals surface area contributed by atoms with Gasteiger partial charge in [0.05, 0.1) is 6.61 Å². The van der Waals surface area contributed by atoms with Gasteiger partial charge in [-0.15, -0.1) is 0 Å². The minimum Gasteiger partial charge on any atom is -0.492 e. The zero-order chi connectivity index (χ0) is 20.9. The Morgan fingerprint density at radius 3 is 2.79 bits per heavy atom. The molecule has 1 spiro atoms. The Bertz CT molecular complexity index is 672. The Hall–Kier alpha value is -1.79. The Morgan fingerprint density at radius 1 is 1.31 bits per heavy atom. The largest absolute Gasteiger partial charge is 0.492 e. The summed E-state index contributed by atoms with van der Waals surface area (Å²) >= 11 is 0. The second-order valence-corrected chi connectivity index (χ2v) is 9.51. The Kier molecular flexibility index (Phi) is 7.06. The van der Waals surface area contributed by atoms with Gasteiger partial charge in [-0.2, -0.15) is 0 Å². The van der Waals surface area contributed by atoms with E-state index in [1.807, 2.05) is 32.9 Å². The van der Waals surface area contributed by atoms with Gasteiger partial charge in [-0.3, -0.25) is 4.90 Å². The van der Waals surface area contributed by atoms with Crippen LogP contribution < -0.4 is 4.74 Å². The third-order valence-corrected chi connectivity index (χ3v) is 5.54. The molecule has 0 radical (unpaired) electrons. The zero-order valence-corrected chi connectivity index (χ0v) is 18.4. The lowest BCUT2D eigenvalue weighted by atomic mass is 9.75. The van der Waals surface area contributed by atoms with Crippen molar-refractivity contribution in [2.45, 2.75) is 45.6 Å². The molecule has 0 aromatic heterocycles. The lowest BCUT2D eigenvalue weighted by Crippen LogP contribution is -2.60. The molecule has 2 saturated heterocycles. The average molecular weight is 405 g/mol. The molecule has 29 heavy (non-hydrogen) atoms. The van der Waals surface area contributed by atoms with Crippen LogP contribution in [0, 0.1) is 5.41 Å². The van der Waals surface area contributed by atoms with Gasteiger partial charge in [0, 0.05) is 45.2 Å². The molecular formula is C23H36N2O4. The van der Waals surface area contributed by atoms with Crippen LogP contribution >= 0.6 is 0 Å². The summed E-state index contributed by atoms with van der Waals surface area (Å²) in [6.07, 6.45) is 2.96. The van der Waals surface area contributed by atoms with Gasteiger partial charge in [0.1, 0.15) is 18.0 Å². The summed E-state index contributed by atoms with van der Waals surface area (Å²) in [6, 6.07) is 8.14. The maximum Gasteiger partial charge on any atom is 0.410 e. The van der Waals surface area contributed by atoms with Crippen LogP contribution in [0.4, 0.5) is 4.79 Å². The molecule has 0 atom stereocenters. The summed E-state index contributed by atoms with van der Waals surface area (Å²) in [4.78, 5) is 16.1. The van der Waals surface area contributed by atoms with Crippen LogP contribution in [0.1, 0.15) is 39.2 Å². The van der Waals surface area contributed by atoms with E-state index < -0.39 is 5.60 Å². The van der Waals surface area contributed by atoms with Crippen molar-refractivity contribution < 1.29 is 19.0 Å². The molecule has 0 saturated carbocycles. The fraction of sp³-hybridized carbons (Fsp3) is 0.696. The standard InChI is InChI=1S/C23H36N2O4/c1-22(2,3)29-21(26)24(4)11-9-19-7-5-8-20(15-19)28-14-12-25-16-23(17-25)10-6-13-27-18-23/h5,7-8,15H,6,9-14,16-18H2,1-4H3. The van der Waals surface area contributed by atoms with Crippen LogP contribution in [0.2, 0.25) is 0 Å². The van der Waals surface area contributed by atoms with E-state index in [4.69, 9.17) is 14.2 Å². The molecule has 1 aromatic rings. The molecule has 2 aliphatic heterocycles. The van der Waals surface area contributed by atoms with E-state index in [-0.39, 0.29) is 6.09 Å². The average Bonchev–Trinajstić information content (AvgIpc) is 2.64. The topological polar surface area (TPSA) is 51.2 Å². The minimum atomic E-state index is -0.473. The molecule has 1 amide bonds. The van der Waals surface area contributed by atoms with Crippen LogP contribution in [0.25, 0.3) is 0 Å². The van der Waals surface area contributed by atoms with E-state index in [2.05, 4.69) is 17.0 Å². The Labute approximate surface area is 175 Å². The molecule has 0 unspecified atom stereocenters. The molecule has 6 nitrogen and oxygen atoms in total. The van der Waals surface area contributed by atoms with E-state index in [0.29, 0.717) is 18.6 Å². The van der Waals surface area contributed by atoms with Gasteiger partial charge in [-0.1, -0.05) is 12.1 Å². The number of nitrogens with zero attached hydrogens (tertiary/aromatic N) is 2. The van der Waals surface area contributed by atoms with Crippen molar-refractivity contribution in [3.8, 4) is 5.75 Å². The molecule has 2 aliphatic rings. The number of amides is 1. The van der Waals surface area contributed by atoms with E-state index in [1.165, 1.54) is 12.8 Å². The monoisotopic (exact) mass is 404 g/mol. The molecule has 2 heterocycles. The normalized spacial score (nSPS) is 18.9. The van der Waals surface area contributed by atoms with Crippen molar-refractivity contribution in [2.24, 2.45) is 5.41 Å². The van der Waals surface area contributed by atoms with Crippen LogP contribution in [-0.2, 0) is 15.9 Å². The van der Waals surface area contributed by atoms with Gasteiger partial charge in [-0.05, 0) is 57.7 Å². The first-order valence-corrected chi connectivity index (χ1v) is 10.7. The number of ether oxygens (including phenoxy) is 3. The summed E-state index contributed by atoms with van der Waals surface area (Å²) in [6.45, 7) is 12.0. The van der Waals surface area contributed by atoms with Gasteiger partial charge in [0.25, 0.3) is 0 Å². The van der Waals surface area contributed by atoms with Gasteiger partial charge < -0.3 is 19.1 Å². The summed E-state index contributed by atoms with van der Waals surface area (Å²) in [5.41, 5.74) is 1.09. The van der Waals surface area contributed by atoms with E-state index in [9.17, 15) is 4.79 Å². The van der Waals surface area contributed by atoms with Crippen molar-refractivity contribution in [3.63, 3.8) is 0 Å². The first-order chi connectivity index (χ1) is 13.7. The molecule has 1 aromatic carbocycles. The second kappa shape index (κ2) is 9.35. The highest BCUT2D eigenvalue weighted by molar-refractivity contribution is 5.67. The number of carbonyl (C=O) groups excluding carboxylic acids is 1. The van der Waals surface area contributed by atoms with Crippen molar-refractivity contribution in [2.75, 3.05) is 53.0 Å². The van der Waals surface area contributed by atoms with Crippen LogP contribution in [0.3, 0.4) is 0 Å². The molecular weight excluding hydrogens is 368 g/mol. The highest BCUT2D eigenvalue weighted by Crippen LogP contribution is 2.37. The molecule has 3 rings (SSSR count). The Morgan fingerprint density at radius 2 is 2.10 bits per heavy atom. The second-order valence-electron chi connectivity index (χ2n) is 9.51. The molecule has 162 valence electrons. The summed E-state index contributed by atoms with van der Waals surface area (Å²) in [5.74, 6) is 0.888. The van der Waals surface area contributed by atoms with Crippen LogP contribution in [0.15, 0.2) is 24.3 Å². The van der Waals surface area contributed by atoms with E-state index in [0.717, 1.165) is 50.6 Å². The predicted molar refractivity (Wildman–Crippen MR) is 113 cm³/mol. The number of likely N-dealkylation sites (tertiary alicyclic amines) is 1. The van der Waals surface area contributed by atoms with Crippen LogP contribution in [0.5, 0.6) is 5.75 Å². The van der Waals surface area contributed by atoms with Crippen molar-refractivity contribution in [3.05, 3.63) is 29.8 Å². The van der Waals surface area contributed by atoms with E-state index >= 15 is 0 Å². The van der Waals surface area contributed by atoms with Crippen molar-refractivity contribution in [1.82, 2.24) is 9.80 Å². The van der Waals surface area contributed by atoms with Crippen LogP contribution in [-0.4, -0.2) is 74.5 Å². The predicted octanol–water partition coefficient (Wildman–Crippen LogP) is 3.59. The molecule has 0 bridgehead atoms. The summed E-state index contributed by atoms with van der Waals surface area (Å²) < 4.78 is 17.0. The molecule has 2 fully saturated rings. The number of hydrogen-bond donors (Lipinski definition) is 0. The third kappa shape index (κ3) is 6.61. The highest BCUT2D eigenvalue weighted by atomic mass is 16.6. The fourth-order valence-electron chi connectivity index (χ4n) is 4.03. The summed E-state index contributed by atoms with van der Waals surface area (Å²) in [5, 5.41) is 0. The Balaban J connectivity index is 1.37. The van der Waals surface area contributed by atoms with Gasteiger partial charge in [0.2, 0.25) is 0 Å². The minimum absolute atomic E-state index is 0.291. The summed E-state index contributed by atoms with van der Waals surface area (Å²) in [7, 11) is 1.77. The zero-order valence-electron chi connectivity index (χ0n) is 18.4. The molecule has 0 aliphatic carbocycles. The molecule has 6 heteroatoms. The number of carbonyl (C=O) groups is 1. The van der Waals surface area contributed by atoms with E-state index in [1.54, 1.807) is 11.9 Å². The fourth-order valence-corrected chi connectivity index (χ4v) is 4.03. The maximum atomic E-state index is 12.1. The highest BCUT2D eigenvalue weighted by Gasteiger charge is 2.43. The smallest absolute Gasteiger partial charge is 0.410 e. The lowest BCUT2D eigenvalue weighted by molar-refractivity contribution is -0.102. The number of benzene rings is 1. The van der Waals surface area contributed by atoms with Crippen molar-refractivity contribution in [1.29, 1.82) is 0 Å². The third-order valence-electron chi connectivity index (χ3n) is 5.54. The van der Waals surface area contributed by atoms with Gasteiger partial charge in [0.15, 0.2) is 0 Å².